The maximum absolute atomic E-state index is 12.6. The molecule has 9 nitrogen and oxygen atoms in total. The van der Waals surface area contributed by atoms with Gasteiger partial charge in [0.1, 0.15) is 5.75 Å². The molecule has 1 atom stereocenters. The molecule has 0 spiro atoms. The first kappa shape index (κ1) is 20.0. The van der Waals surface area contributed by atoms with Gasteiger partial charge in [-0.15, -0.1) is 5.10 Å². The van der Waals surface area contributed by atoms with E-state index in [9.17, 15) is 9.35 Å². The van der Waals surface area contributed by atoms with Gasteiger partial charge >= 0.3 is 0 Å². The predicted octanol–water partition coefficient (Wildman–Crippen LogP) is 1.01. The van der Waals surface area contributed by atoms with Crippen LogP contribution >= 0.6 is 0 Å². The Labute approximate surface area is 182 Å². The van der Waals surface area contributed by atoms with Crippen molar-refractivity contribution in [2.75, 3.05) is 16.8 Å². The van der Waals surface area contributed by atoms with E-state index in [0.717, 1.165) is 29.8 Å². The molecule has 0 saturated carbocycles. The van der Waals surface area contributed by atoms with E-state index < -0.39 is 11.2 Å². The fraction of sp³-hybridized carbons (Fsp3) is 0.381. The van der Waals surface area contributed by atoms with E-state index in [1.54, 1.807) is 17.3 Å². The second kappa shape index (κ2) is 8.64. The van der Waals surface area contributed by atoms with Crippen LogP contribution in [0.1, 0.15) is 28.1 Å². The molecule has 2 aliphatic rings. The van der Waals surface area contributed by atoms with Gasteiger partial charge in [-0.3, -0.25) is 9.89 Å². The van der Waals surface area contributed by atoms with Gasteiger partial charge in [0, 0.05) is 37.0 Å². The fourth-order valence-electron chi connectivity index (χ4n) is 4.11. The van der Waals surface area contributed by atoms with Crippen molar-refractivity contribution in [3.05, 3.63) is 64.7 Å². The highest BCUT2D eigenvalue weighted by molar-refractivity contribution is 7.92. The van der Waals surface area contributed by atoms with E-state index in [4.69, 9.17) is 0 Å². The number of H-pyrrole nitrogens is 1. The summed E-state index contributed by atoms with van der Waals surface area (Å²) in [5.74, 6) is 0.862. The van der Waals surface area contributed by atoms with Gasteiger partial charge in [-0.2, -0.15) is 0 Å². The molecule has 1 aromatic carbocycles. The minimum Gasteiger partial charge on any atom is -0.616 e. The van der Waals surface area contributed by atoms with Crippen molar-refractivity contribution in [2.45, 2.75) is 38.4 Å². The van der Waals surface area contributed by atoms with Crippen molar-refractivity contribution in [1.82, 2.24) is 30.3 Å². The zero-order chi connectivity index (χ0) is 21.2. The number of carbonyl (C=O) groups is 1. The number of aromatic amines is 1. The first-order valence-electron chi connectivity index (χ1n) is 10.3. The number of anilines is 1. The Balaban J connectivity index is 1.14. The molecular weight excluding hydrogens is 414 g/mol. The molecule has 0 saturated heterocycles. The molecule has 2 N–H and O–H groups in total. The van der Waals surface area contributed by atoms with Gasteiger partial charge < -0.3 is 14.8 Å². The van der Waals surface area contributed by atoms with Crippen molar-refractivity contribution in [3.63, 3.8) is 0 Å². The van der Waals surface area contributed by atoms with Crippen LogP contribution in [0.4, 0.5) is 5.95 Å². The van der Waals surface area contributed by atoms with E-state index >= 15 is 0 Å². The van der Waals surface area contributed by atoms with Gasteiger partial charge in [0.2, 0.25) is 5.95 Å². The molecule has 0 radical (unpaired) electrons. The Morgan fingerprint density at radius 2 is 2.03 bits per heavy atom. The highest BCUT2D eigenvalue weighted by atomic mass is 32.2. The summed E-state index contributed by atoms with van der Waals surface area (Å²) in [6.07, 6.45) is 5.91. The molecule has 5 rings (SSSR count). The third-order valence-corrected chi connectivity index (χ3v) is 6.96. The van der Waals surface area contributed by atoms with Crippen LogP contribution in [-0.4, -0.2) is 58.3 Å². The van der Waals surface area contributed by atoms with Crippen molar-refractivity contribution < 1.29 is 9.35 Å². The number of carbonyl (C=O) groups excluding carboxylic acids is 1. The number of aromatic nitrogens is 5. The normalized spacial score (nSPS) is 16.2. The van der Waals surface area contributed by atoms with Crippen molar-refractivity contribution in [2.24, 2.45) is 0 Å². The maximum Gasteiger partial charge on any atom is 0.273 e. The van der Waals surface area contributed by atoms with Crippen LogP contribution in [0.15, 0.2) is 36.7 Å². The number of hydrogen-bond acceptors (Lipinski definition) is 7. The summed E-state index contributed by atoms with van der Waals surface area (Å²) < 4.78 is 12.3. The predicted molar refractivity (Wildman–Crippen MR) is 116 cm³/mol. The van der Waals surface area contributed by atoms with Crippen molar-refractivity contribution in [3.8, 4) is 0 Å². The van der Waals surface area contributed by atoms with Gasteiger partial charge in [-0.05, 0) is 35.1 Å². The molecule has 1 unspecified atom stereocenters. The first-order valence-corrected chi connectivity index (χ1v) is 11.8. The lowest BCUT2D eigenvalue weighted by molar-refractivity contribution is -0.129. The minimum atomic E-state index is -1.24. The third kappa shape index (κ3) is 4.54. The van der Waals surface area contributed by atoms with Crippen LogP contribution in [0.2, 0.25) is 0 Å². The fourth-order valence-corrected chi connectivity index (χ4v) is 5.15. The largest absolute Gasteiger partial charge is 0.616 e. The molecule has 10 heteroatoms. The second-order valence-corrected chi connectivity index (χ2v) is 9.51. The van der Waals surface area contributed by atoms with Gasteiger partial charge in [-0.1, -0.05) is 29.5 Å². The molecule has 1 amide bonds. The van der Waals surface area contributed by atoms with Crippen LogP contribution < -0.4 is 5.32 Å². The maximum atomic E-state index is 12.6. The summed E-state index contributed by atoms with van der Waals surface area (Å²) in [5.41, 5.74) is 5.29. The Morgan fingerprint density at radius 3 is 2.77 bits per heavy atom. The first-order chi connectivity index (χ1) is 15.1. The van der Waals surface area contributed by atoms with Crippen LogP contribution in [0.3, 0.4) is 0 Å². The lowest BCUT2D eigenvalue weighted by Crippen LogP contribution is -2.32. The molecule has 1 aliphatic heterocycles. The highest BCUT2D eigenvalue weighted by Gasteiger charge is 2.29. The average molecular weight is 438 g/mol. The second-order valence-electron chi connectivity index (χ2n) is 7.94. The number of rotatable bonds is 7. The summed E-state index contributed by atoms with van der Waals surface area (Å²) in [6, 6.07) is 8.75. The number of aryl methyl sites for hydroxylation is 1. The van der Waals surface area contributed by atoms with E-state index in [0.29, 0.717) is 31.2 Å². The quantitative estimate of drug-likeness (QED) is 0.529. The molecule has 1 aliphatic carbocycles. The number of nitrogens with one attached hydrogen (secondary N) is 2. The summed E-state index contributed by atoms with van der Waals surface area (Å²) in [7, 11) is 0. The standard InChI is InChI=1S/C21H23N7O2S/c29-20(13-31(30)6-5-17-10-23-27-26-17)28-11-16-9-22-21(25-19(16)12-28)24-18-7-14-3-1-2-4-15(14)8-18/h1-4,9-10,18H,5-8,11-13H2,(H,22,24,25)(H,23,26,27). The van der Waals surface area contributed by atoms with Gasteiger partial charge in [-0.25, -0.2) is 9.97 Å². The van der Waals surface area contributed by atoms with Gasteiger partial charge in [0.25, 0.3) is 5.91 Å². The minimum absolute atomic E-state index is 0.00467. The van der Waals surface area contributed by atoms with Crippen LogP contribution in [0.25, 0.3) is 0 Å². The smallest absolute Gasteiger partial charge is 0.273 e. The van der Waals surface area contributed by atoms with E-state index in [1.165, 1.54) is 11.1 Å². The Hall–Kier alpha value is -2.98. The van der Waals surface area contributed by atoms with E-state index in [2.05, 4.69) is 55.0 Å². The number of nitrogens with zero attached hydrogens (tertiary/aromatic N) is 5. The number of benzene rings is 1. The molecule has 160 valence electrons. The highest BCUT2D eigenvalue weighted by Crippen LogP contribution is 2.25. The monoisotopic (exact) mass is 437 g/mol. The molecule has 0 bridgehead atoms. The Morgan fingerprint density at radius 1 is 1.23 bits per heavy atom. The van der Waals surface area contributed by atoms with Crippen molar-refractivity contribution in [1.29, 1.82) is 0 Å². The lowest BCUT2D eigenvalue weighted by Gasteiger charge is -2.16. The summed E-state index contributed by atoms with van der Waals surface area (Å²) in [5, 5.41) is 13.6. The topological polar surface area (TPSA) is 123 Å². The zero-order valence-corrected chi connectivity index (χ0v) is 17.8. The molecule has 3 heterocycles. The lowest BCUT2D eigenvalue weighted by atomic mass is 10.1. The average Bonchev–Trinajstić information content (AvgIpc) is 3.50. The van der Waals surface area contributed by atoms with E-state index in [1.807, 2.05) is 0 Å². The van der Waals surface area contributed by atoms with Crippen LogP contribution in [0, 0.1) is 0 Å². The summed E-state index contributed by atoms with van der Waals surface area (Å²) in [6.45, 7) is 0.889. The Kier molecular flexibility index (Phi) is 5.56. The molecule has 0 fully saturated rings. The van der Waals surface area contributed by atoms with Gasteiger partial charge in [0.15, 0.2) is 5.75 Å². The van der Waals surface area contributed by atoms with Gasteiger partial charge in [0.05, 0.1) is 17.9 Å². The van der Waals surface area contributed by atoms with Crippen LogP contribution in [0.5, 0.6) is 0 Å². The SMILES string of the molecule is O=C(C[S+]([O-])CCc1c[nH]nn1)N1Cc2cnc(NC3Cc4ccccc4C3)nc2C1. The zero-order valence-electron chi connectivity index (χ0n) is 17.0. The summed E-state index contributed by atoms with van der Waals surface area (Å²) >= 11 is -1.24. The van der Waals surface area contributed by atoms with Crippen molar-refractivity contribution >= 4 is 23.0 Å². The molecular formula is C21H23N7O2S. The molecule has 31 heavy (non-hydrogen) atoms. The van der Waals surface area contributed by atoms with Crippen LogP contribution in [-0.2, 0) is 48.3 Å². The third-order valence-electron chi connectivity index (χ3n) is 5.73. The number of amides is 1. The number of hydrogen-bond donors (Lipinski definition) is 2. The molecule has 2 aromatic heterocycles. The molecule has 3 aromatic rings. The summed E-state index contributed by atoms with van der Waals surface area (Å²) in [4.78, 5) is 23.4. The number of fused-ring (bicyclic) bond motifs is 2. The Bertz CT molecular complexity index is 1050. The van der Waals surface area contributed by atoms with E-state index in [-0.39, 0.29) is 17.7 Å².